The second-order valence-electron chi connectivity index (χ2n) is 8.11. The Balaban J connectivity index is 0.00000103. The zero-order valence-electron chi connectivity index (χ0n) is 21.8. The van der Waals surface area contributed by atoms with Crippen LogP contribution in [0.1, 0.15) is 73.4 Å². The third-order valence-electron chi connectivity index (χ3n) is 6.31. The van der Waals surface area contributed by atoms with Crippen LogP contribution in [0, 0.1) is 12.7 Å². The molecule has 0 atom stereocenters. The molecule has 4 rings (SSSR count). The molecule has 0 radical (unpaired) electrons. The SMILES string of the molecule is CC.CCN(CC)CCNC(=O)c1c(C)[nH]c2c1CCC/C2=C1/C(=O)Nc2ccc(F)cc21.CO. The maximum absolute atomic E-state index is 13.9. The fourth-order valence-corrected chi connectivity index (χ4v) is 4.70. The van der Waals surface area contributed by atoms with Crippen molar-refractivity contribution in [1.29, 1.82) is 0 Å². The summed E-state index contributed by atoms with van der Waals surface area (Å²) < 4.78 is 13.9. The highest BCUT2D eigenvalue weighted by Gasteiger charge is 2.33. The number of aliphatic hydroxyl groups is 1. The van der Waals surface area contributed by atoms with Gasteiger partial charge in [0.1, 0.15) is 5.82 Å². The Morgan fingerprint density at radius 1 is 1.17 bits per heavy atom. The molecule has 0 bridgehead atoms. The van der Waals surface area contributed by atoms with Crippen LogP contribution >= 0.6 is 0 Å². The number of fused-ring (bicyclic) bond motifs is 2. The highest BCUT2D eigenvalue weighted by atomic mass is 19.1. The molecule has 192 valence electrons. The third kappa shape index (κ3) is 6.00. The minimum absolute atomic E-state index is 0.0873. The lowest BCUT2D eigenvalue weighted by molar-refractivity contribution is -0.110. The molecule has 2 heterocycles. The number of carbonyl (C=O) groups excluding carboxylic acids is 2. The van der Waals surface area contributed by atoms with Crippen molar-refractivity contribution >= 4 is 28.6 Å². The van der Waals surface area contributed by atoms with Crippen LogP contribution in [-0.4, -0.2) is 60.1 Å². The summed E-state index contributed by atoms with van der Waals surface area (Å²) in [6.45, 7) is 13.4. The first-order valence-electron chi connectivity index (χ1n) is 12.5. The normalized spacial score (nSPS) is 15.9. The second-order valence-corrected chi connectivity index (χ2v) is 8.11. The van der Waals surface area contributed by atoms with Gasteiger partial charge >= 0.3 is 0 Å². The van der Waals surface area contributed by atoms with Crippen molar-refractivity contribution in [3.8, 4) is 0 Å². The van der Waals surface area contributed by atoms with Crippen molar-refractivity contribution in [2.75, 3.05) is 38.6 Å². The highest BCUT2D eigenvalue weighted by molar-refractivity contribution is 6.36. The largest absolute Gasteiger partial charge is 0.400 e. The Morgan fingerprint density at radius 3 is 2.51 bits per heavy atom. The van der Waals surface area contributed by atoms with Crippen molar-refractivity contribution in [1.82, 2.24) is 15.2 Å². The van der Waals surface area contributed by atoms with Gasteiger partial charge < -0.3 is 25.6 Å². The first-order valence-corrected chi connectivity index (χ1v) is 12.5. The number of H-pyrrole nitrogens is 1. The van der Waals surface area contributed by atoms with Crippen LogP contribution in [0.2, 0.25) is 0 Å². The number of anilines is 1. The number of aromatic amines is 1. The van der Waals surface area contributed by atoms with Gasteiger partial charge in [0, 0.05) is 42.8 Å². The number of likely N-dealkylation sites (N-methyl/N-ethyl adjacent to an activating group) is 1. The van der Waals surface area contributed by atoms with Crippen LogP contribution < -0.4 is 10.6 Å². The predicted octanol–water partition coefficient (Wildman–Crippen LogP) is 4.37. The molecule has 1 aliphatic heterocycles. The fourth-order valence-electron chi connectivity index (χ4n) is 4.70. The van der Waals surface area contributed by atoms with Crippen LogP contribution in [0.15, 0.2) is 18.2 Å². The van der Waals surface area contributed by atoms with Crippen molar-refractivity contribution in [3.63, 3.8) is 0 Å². The van der Waals surface area contributed by atoms with Crippen molar-refractivity contribution in [2.24, 2.45) is 0 Å². The van der Waals surface area contributed by atoms with Gasteiger partial charge in [-0.3, -0.25) is 9.59 Å². The topological polar surface area (TPSA) is 97.5 Å². The van der Waals surface area contributed by atoms with E-state index in [1.807, 2.05) is 20.8 Å². The van der Waals surface area contributed by atoms with Gasteiger partial charge in [-0.05, 0) is 68.6 Å². The number of allylic oxidation sites excluding steroid dienone is 1. The number of benzene rings is 1. The van der Waals surface area contributed by atoms with E-state index < -0.39 is 0 Å². The van der Waals surface area contributed by atoms with E-state index in [4.69, 9.17) is 5.11 Å². The van der Waals surface area contributed by atoms with Crippen LogP contribution in [0.5, 0.6) is 0 Å². The van der Waals surface area contributed by atoms with Gasteiger partial charge in [0.25, 0.3) is 11.8 Å². The molecule has 0 spiro atoms. The number of amides is 2. The summed E-state index contributed by atoms with van der Waals surface area (Å²) in [6, 6.07) is 4.34. The number of nitrogens with zero attached hydrogens (tertiary/aromatic N) is 1. The van der Waals surface area contributed by atoms with Crippen molar-refractivity contribution < 1.29 is 19.1 Å². The van der Waals surface area contributed by atoms with E-state index in [1.165, 1.54) is 12.1 Å². The molecule has 8 heteroatoms. The van der Waals surface area contributed by atoms with Crippen LogP contribution in [-0.2, 0) is 11.2 Å². The van der Waals surface area contributed by atoms with Crippen molar-refractivity contribution in [2.45, 2.75) is 53.9 Å². The van der Waals surface area contributed by atoms with Crippen molar-refractivity contribution in [3.05, 3.63) is 52.1 Å². The number of halogens is 1. The van der Waals surface area contributed by atoms with Crippen LogP contribution in [0.25, 0.3) is 11.1 Å². The number of hydrogen-bond donors (Lipinski definition) is 4. The first kappa shape index (κ1) is 28.3. The average Bonchev–Trinajstić information content (AvgIpc) is 3.39. The molecule has 0 unspecified atom stereocenters. The molecule has 7 nitrogen and oxygen atoms in total. The zero-order chi connectivity index (χ0) is 26.1. The molecular formula is C27H39FN4O3. The Labute approximate surface area is 207 Å². The molecule has 2 amide bonds. The molecule has 0 saturated heterocycles. The molecule has 2 aromatic rings. The average molecular weight is 487 g/mol. The standard InChI is InChI=1S/C24H29FN4O2.C2H6.CH4O/c1-4-29(5-2)12-11-26-23(30)20-14(3)27-22-16(20)7-6-8-17(22)21-18-13-15(25)9-10-19(18)28-24(21)31;2*1-2/h9-10,13,27H,4-8,11-12H2,1-3H3,(H,26,30)(H,28,31);1-2H3;2H,1H3/b21-17-;;. The minimum atomic E-state index is -0.375. The summed E-state index contributed by atoms with van der Waals surface area (Å²) >= 11 is 0. The highest BCUT2D eigenvalue weighted by Crippen LogP contribution is 2.43. The third-order valence-corrected chi connectivity index (χ3v) is 6.31. The quantitative estimate of drug-likeness (QED) is 0.456. The molecule has 4 N–H and O–H groups in total. The maximum Gasteiger partial charge on any atom is 0.256 e. The van der Waals surface area contributed by atoms with Gasteiger partial charge in [-0.2, -0.15) is 0 Å². The van der Waals surface area contributed by atoms with Crippen LogP contribution in [0.4, 0.5) is 10.1 Å². The zero-order valence-corrected chi connectivity index (χ0v) is 21.8. The van der Waals surface area contributed by atoms with E-state index in [0.717, 1.165) is 62.1 Å². The lowest BCUT2D eigenvalue weighted by atomic mass is 9.86. The maximum atomic E-state index is 13.9. The molecule has 1 aliphatic carbocycles. The van der Waals surface area contributed by atoms with E-state index in [2.05, 4.69) is 34.4 Å². The fraction of sp³-hybridized carbons (Fsp3) is 0.481. The Morgan fingerprint density at radius 2 is 1.86 bits per heavy atom. The lowest BCUT2D eigenvalue weighted by Gasteiger charge is -2.19. The number of nitrogens with one attached hydrogen (secondary N) is 3. The minimum Gasteiger partial charge on any atom is -0.400 e. The van der Waals surface area contributed by atoms with Gasteiger partial charge in [0.2, 0.25) is 0 Å². The van der Waals surface area contributed by atoms with Gasteiger partial charge in [0.15, 0.2) is 0 Å². The Bertz CT molecular complexity index is 1070. The number of hydrogen-bond acceptors (Lipinski definition) is 4. The number of aliphatic hydroxyl groups excluding tert-OH is 1. The van der Waals surface area contributed by atoms with Gasteiger partial charge in [-0.1, -0.05) is 27.7 Å². The first-order chi connectivity index (χ1) is 16.9. The summed E-state index contributed by atoms with van der Waals surface area (Å²) in [6.07, 6.45) is 2.31. The van der Waals surface area contributed by atoms with E-state index in [1.54, 1.807) is 6.07 Å². The summed E-state index contributed by atoms with van der Waals surface area (Å²) in [5, 5.41) is 12.9. The lowest BCUT2D eigenvalue weighted by Crippen LogP contribution is -2.35. The molecule has 0 fully saturated rings. The summed E-state index contributed by atoms with van der Waals surface area (Å²) in [5.41, 5.74) is 5.82. The number of aromatic nitrogens is 1. The van der Waals surface area contributed by atoms with Gasteiger partial charge in [-0.15, -0.1) is 0 Å². The molecular weight excluding hydrogens is 447 g/mol. The molecule has 0 saturated carbocycles. The van der Waals surface area contributed by atoms with Gasteiger partial charge in [-0.25, -0.2) is 4.39 Å². The van der Waals surface area contributed by atoms with E-state index >= 15 is 0 Å². The molecule has 35 heavy (non-hydrogen) atoms. The monoisotopic (exact) mass is 486 g/mol. The smallest absolute Gasteiger partial charge is 0.256 e. The summed E-state index contributed by atoms with van der Waals surface area (Å²) in [7, 11) is 1.00. The Hall–Kier alpha value is -2.97. The Kier molecular flexibility index (Phi) is 10.7. The van der Waals surface area contributed by atoms with E-state index in [0.29, 0.717) is 35.4 Å². The number of rotatable bonds is 6. The molecule has 1 aromatic heterocycles. The predicted molar refractivity (Wildman–Crippen MR) is 140 cm³/mol. The van der Waals surface area contributed by atoms with E-state index in [-0.39, 0.29) is 17.6 Å². The van der Waals surface area contributed by atoms with Gasteiger partial charge in [0.05, 0.1) is 11.1 Å². The molecule has 1 aromatic carbocycles. The van der Waals surface area contributed by atoms with Crippen LogP contribution in [0.3, 0.4) is 0 Å². The number of aryl methyl sites for hydroxylation is 1. The summed E-state index contributed by atoms with van der Waals surface area (Å²) in [4.78, 5) is 31.4. The molecule has 2 aliphatic rings. The number of carbonyl (C=O) groups is 2. The van der Waals surface area contributed by atoms with E-state index in [9.17, 15) is 14.0 Å². The second kappa shape index (κ2) is 13.2. The summed E-state index contributed by atoms with van der Waals surface area (Å²) in [5.74, 6) is -0.683.